The molecule has 0 fully saturated rings. The predicted molar refractivity (Wildman–Crippen MR) is 111 cm³/mol. The van der Waals surface area contributed by atoms with E-state index in [1.54, 1.807) is 44.2 Å². The second-order valence-corrected chi connectivity index (χ2v) is 6.87. The van der Waals surface area contributed by atoms with E-state index >= 15 is 0 Å². The number of nitrogens with one attached hydrogen (secondary N) is 2. The summed E-state index contributed by atoms with van der Waals surface area (Å²) in [5.41, 5.74) is 1.23. The lowest BCUT2D eigenvalue weighted by atomic mass is 10.3. The number of anilines is 1. The number of hydrogen-bond donors (Lipinski definition) is 2. The fraction of sp³-hybridized carbons (Fsp3) is 0.211. The molecule has 0 bridgehead atoms. The lowest BCUT2D eigenvalue weighted by molar-refractivity contribution is -0.120. The van der Waals surface area contributed by atoms with E-state index in [1.165, 1.54) is 15.6 Å². The molecule has 4 rings (SSSR count). The molecule has 3 aromatic heterocycles. The second-order valence-electron chi connectivity index (χ2n) is 6.43. The Hall–Kier alpha value is -3.50. The van der Waals surface area contributed by atoms with Crippen LogP contribution >= 0.6 is 11.6 Å². The van der Waals surface area contributed by atoms with Crippen LogP contribution in [0, 0.1) is 6.92 Å². The van der Waals surface area contributed by atoms with Gasteiger partial charge in [0.1, 0.15) is 17.8 Å². The largest absolute Gasteiger partial charge is 0.372 e. The van der Waals surface area contributed by atoms with Gasteiger partial charge in [-0.05, 0) is 32.0 Å². The van der Waals surface area contributed by atoms with Gasteiger partial charge in [0, 0.05) is 17.7 Å². The van der Waals surface area contributed by atoms with Crippen molar-refractivity contribution in [3.8, 4) is 11.6 Å². The molecule has 2 N–H and O–H groups in total. The van der Waals surface area contributed by atoms with E-state index in [1.807, 2.05) is 0 Å². The van der Waals surface area contributed by atoms with E-state index in [0.717, 1.165) is 0 Å². The van der Waals surface area contributed by atoms with E-state index in [4.69, 9.17) is 16.3 Å². The number of hydrogen-bond acceptors (Lipinski definition) is 6. The average molecular weight is 428 g/mol. The molecule has 30 heavy (non-hydrogen) atoms. The molecule has 0 radical (unpaired) electrons. The second kappa shape index (κ2) is 8.09. The van der Waals surface area contributed by atoms with Crippen molar-refractivity contribution in [2.24, 2.45) is 0 Å². The SMILES string of the molecule is CCOCC(=O)Nc1cc(C)nn1-c1nc2c(cnn2-c2cccc(Cl)c2)c(=O)[nH]1. The van der Waals surface area contributed by atoms with Gasteiger partial charge < -0.3 is 10.1 Å². The maximum atomic E-state index is 12.6. The summed E-state index contributed by atoms with van der Waals surface area (Å²) in [7, 11) is 0. The Bertz CT molecular complexity index is 1290. The van der Waals surface area contributed by atoms with Crippen LogP contribution in [-0.4, -0.2) is 48.6 Å². The summed E-state index contributed by atoms with van der Waals surface area (Å²) in [4.78, 5) is 31.9. The lowest BCUT2D eigenvalue weighted by Crippen LogP contribution is -2.22. The Kier molecular flexibility index (Phi) is 5.34. The molecule has 0 aliphatic heterocycles. The van der Waals surface area contributed by atoms with Gasteiger partial charge >= 0.3 is 0 Å². The van der Waals surface area contributed by atoms with Crippen LogP contribution in [0.1, 0.15) is 12.6 Å². The number of H-pyrrole nitrogens is 1. The van der Waals surface area contributed by atoms with Crippen molar-refractivity contribution in [1.82, 2.24) is 29.5 Å². The Labute approximate surface area is 175 Å². The quantitative estimate of drug-likeness (QED) is 0.487. The first-order chi connectivity index (χ1) is 14.5. The van der Waals surface area contributed by atoms with Crippen molar-refractivity contribution in [2.45, 2.75) is 13.8 Å². The zero-order valence-corrected chi connectivity index (χ0v) is 17.0. The normalized spacial score (nSPS) is 11.2. The lowest BCUT2D eigenvalue weighted by Gasteiger charge is -2.09. The number of nitrogens with zero attached hydrogens (tertiary/aromatic N) is 5. The maximum Gasteiger partial charge on any atom is 0.263 e. The number of aromatic nitrogens is 6. The van der Waals surface area contributed by atoms with Crippen molar-refractivity contribution < 1.29 is 9.53 Å². The molecule has 0 saturated heterocycles. The van der Waals surface area contributed by atoms with Crippen LogP contribution in [-0.2, 0) is 9.53 Å². The molecule has 1 amide bonds. The van der Waals surface area contributed by atoms with E-state index in [9.17, 15) is 9.59 Å². The van der Waals surface area contributed by atoms with Gasteiger partial charge in [-0.25, -0.2) is 4.68 Å². The van der Waals surface area contributed by atoms with Gasteiger partial charge in [-0.2, -0.15) is 19.9 Å². The molecular weight excluding hydrogens is 410 g/mol. The van der Waals surface area contributed by atoms with E-state index in [0.29, 0.717) is 39.9 Å². The van der Waals surface area contributed by atoms with Gasteiger partial charge in [0.05, 0.1) is 17.6 Å². The molecule has 3 heterocycles. The minimum Gasteiger partial charge on any atom is -0.372 e. The van der Waals surface area contributed by atoms with Crippen LogP contribution in [0.5, 0.6) is 0 Å². The van der Waals surface area contributed by atoms with Gasteiger partial charge in [0.15, 0.2) is 5.65 Å². The number of amides is 1. The van der Waals surface area contributed by atoms with Crippen molar-refractivity contribution in [2.75, 3.05) is 18.5 Å². The number of ether oxygens (including phenoxy) is 1. The van der Waals surface area contributed by atoms with Gasteiger partial charge in [0.2, 0.25) is 5.95 Å². The van der Waals surface area contributed by atoms with Crippen LogP contribution in [0.15, 0.2) is 41.3 Å². The number of aryl methyl sites for hydroxylation is 1. The third-order valence-corrected chi connectivity index (χ3v) is 4.45. The zero-order valence-electron chi connectivity index (χ0n) is 16.2. The molecule has 11 heteroatoms. The van der Waals surface area contributed by atoms with Crippen molar-refractivity contribution >= 4 is 34.4 Å². The zero-order chi connectivity index (χ0) is 21.3. The maximum absolute atomic E-state index is 12.6. The molecule has 0 atom stereocenters. The number of rotatable bonds is 6. The number of benzene rings is 1. The molecule has 154 valence electrons. The molecule has 0 unspecified atom stereocenters. The highest BCUT2D eigenvalue weighted by Gasteiger charge is 2.17. The smallest absolute Gasteiger partial charge is 0.263 e. The highest BCUT2D eigenvalue weighted by atomic mass is 35.5. The number of aromatic amines is 1. The van der Waals surface area contributed by atoms with Crippen LogP contribution in [0.2, 0.25) is 5.02 Å². The average Bonchev–Trinajstić information content (AvgIpc) is 3.30. The van der Waals surface area contributed by atoms with E-state index in [-0.39, 0.29) is 24.0 Å². The van der Waals surface area contributed by atoms with Crippen LogP contribution < -0.4 is 10.9 Å². The summed E-state index contributed by atoms with van der Waals surface area (Å²) in [6.07, 6.45) is 1.44. The Balaban J connectivity index is 1.80. The fourth-order valence-electron chi connectivity index (χ4n) is 2.93. The molecule has 4 aromatic rings. The fourth-order valence-corrected chi connectivity index (χ4v) is 3.11. The van der Waals surface area contributed by atoms with Crippen molar-refractivity contribution in [3.63, 3.8) is 0 Å². The third kappa shape index (κ3) is 3.82. The standard InChI is InChI=1S/C19H18ClN7O3/c1-3-30-10-16(28)22-15-7-11(2)25-27(15)19-23-17-14(18(29)24-19)9-21-26(17)13-6-4-5-12(20)8-13/h4-9H,3,10H2,1-2H3,(H,22,28)(H,23,24,29). The Morgan fingerprint density at radius 1 is 1.30 bits per heavy atom. The first-order valence-corrected chi connectivity index (χ1v) is 9.52. The molecular formula is C19H18ClN7O3. The molecule has 0 saturated carbocycles. The van der Waals surface area contributed by atoms with Crippen LogP contribution in [0.25, 0.3) is 22.7 Å². The highest BCUT2D eigenvalue weighted by Crippen LogP contribution is 2.19. The minimum absolute atomic E-state index is 0.0920. The third-order valence-electron chi connectivity index (χ3n) is 4.22. The highest BCUT2D eigenvalue weighted by molar-refractivity contribution is 6.30. The summed E-state index contributed by atoms with van der Waals surface area (Å²) >= 11 is 6.09. The first kappa shape index (κ1) is 19.8. The van der Waals surface area contributed by atoms with Crippen molar-refractivity contribution in [1.29, 1.82) is 0 Å². The number of carbonyl (C=O) groups excluding carboxylic acids is 1. The Morgan fingerprint density at radius 3 is 2.90 bits per heavy atom. The summed E-state index contributed by atoms with van der Waals surface area (Å²) < 4.78 is 8.00. The van der Waals surface area contributed by atoms with Crippen molar-refractivity contribution in [3.05, 3.63) is 57.6 Å². The van der Waals surface area contributed by atoms with Gasteiger partial charge in [0.25, 0.3) is 11.5 Å². The Morgan fingerprint density at radius 2 is 2.13 bits per heavy atom. The monoisotopic (exact) mass is 427 g/mol. The summed E-state index contributed by atoms with van der Waals surface area (Å²) in [5.74, 6) is 0.148. The molecule has 1 aromatic carbocycles. The van der Waals surface area contributed by atoms with E-state index in [2.05, 4.69) is 25.5 Å². The van der Waals surface area contributed by atoms with Gasteiger partial charge in [-0.1, -0.05) is 17.7 Å². The number of carbonyl (C=O) groups is 1. The number of fused-ring (bicyclic) bond motifs is 1. The topological polar surface area (TPSA) is 120 Å². The van der Waals surface area contributed by atoms with Crippen LogP contribution in [0.3, 0.4) is 0 Å². The van der Waals surface area contributed by atoms with Crippen LogP contribution in [0.4, 0.5) is 5.82 Å². The van der Waals surface area contributed by atoms with Gasteiger partial charge in [-0.3, -0.25) is 14.6 Å². The summed E-state index contributed by atoms with van der Waals surface area (Å²) in [5, 5.41) is 12.2. The van der Waals surface area contributed by atoms with Gasteiger partial charge in [-0.15, -0.1) is 0 Å². The summed E-state index contributed by atoms with van der Waals surface area (Å²) in [6.45, 7) is 3.90. The predicted octanol–water partition coefficient (Wildman–Crippen LogP) is 2.23. The summed E-state index contributed by atoms with van der Waals surface area (Å²) in [6, 6.07) is 8.71. The molecule has 0 aliphatic rings. The number of halogens is 1. The van der Waals surface area contributed by atoms with E-state index < -0.39 is 0 Å². The first-order valence-electron chi connectivity index (χ1n) is 9.15. The molecule has 0 spiro atoms. The minimum atomic E-state index is -0.386. The molecule has 0 aliphatic carbocycles. The molecule has 10 nitrogen and oxygen atoms in total.